The van der Waals surface area contributed by atoms with Crippen molar-refractivity contribution in [3.05, 3.63) is 17.2 Å². The summed E-state index contributed by atoms with van der Waals surface area (Å²) in [5, 5.41) is 21.6. The minimum Gasteiger partial charge on any atom is -0.504 e. The fourth-order valence-corrected chi connectivity index (χ4v) is 2.51. The first-order valence-corrected chi connectivity index (χ1v) is 7.89. The number of phenolic OH excluding ortho intramolecular Hbond substituents is 1. The molecule has 0 amide bonds. The maximum absolute atomic E-state index is 9.85. The second kappa shape index (κ2) is 10.7. The second-order valence-corrected chi connectivity index (χ2v) is 5.44. The Kier molecular flexibility index (Phi) is 8.94. The van der Waals surface area contributed by atoms with Crippen molar-refractivity contribution in [2.45, 2.75) is 25.8 Å². The normalized spacial score (nSPS) is 14.8. The van der Waals surface area contributed by atoms with Crippen molar-refractivity contribution in [2.24, 2.45) is 5.73 Å². The molecule has 0 saturated carbocycles. The lowest BCUT2D eigenvalue weighted by Crippen LogP contribution is -2.30. The first kappa shape index (κ1) is 20.0. The largest absolute Gasteiger partial charge is 0.504 e. The highest BCUT2D eigenvalue weighted by molar-refractivity contribution is 5.57. The summed E-state index contributed by atoms with van der Waals surface area (Å²) >= 11 is 0. The Bertz CT molecular complexity index is 542. The Morgan fingerprint density at radius 3 is 2.38 bits per heavy atom. The smallest absolute Gasteiger partial charge is 0.167 e. The van der Waals surface area contributed by atoms with Gasteiger partial charge in [-0.05, 0) is 25.0 Å². The van der Waals surface area contributed by atoms with Crippen LogP contribution in [0.25, 0.3) is 0 Å². The summed E-state index contributed by atoms with van der Waals surface area (Å²) < 4.78 is 15.4. The van der Waals surface area contributed by atoms with E-state index in [0.717, 1.165) is 37.4 Å². The third-order valence-electron chi connectivity index (χ3n) is 3.61. The molecule has 24 heavy (non-hydrogen) atoms. The molecule has 7 nitrogen and oxygen atoms in total. The predicted molar refractivity (Wildman–Crippen MR) is 91.5 cm³/mol. The molecular formula is C17H27N3O4. The van der Waals surface area contributed by atoms with Gasteiger partial charge in [0.1, 0.15) is 5.75 Å². The molecular weight excluding hydrogens is 310 g/mol. The van der Waals surface area contributed by atoms with Gasteiger partial charge in [-0.2, -0.15) is 5.26 Å². The molecule has 1 atom stereocenters. The first-order chi connectivity index (χ1) is 11.5. The van der Waals surface area contributed by atoms with E-state index in [9.17, 15) is 5.11 Å². The summed E-state index contributed by atoms with van der Waals surface area (Å²) in [7, 11) is 3.04. The Morgan fingerprint density at radius 2 is 1.96 bits per heavy atom. The van der Waals surface area contributed by atoms with Crippen molar-refractivity contribution >= 4 is 0 Å². The number of methoxy groups -OCH3 is 2. The highest BCUT2D eigenvalue weighted by atomic mass is 16.5. The second-order valence-electron chi connectivity index (χ2n) is 5.44. The number of benzene rings is 1. The molecule has 1 aromatic carbocycles. The number of morpholine rings is 1. The first-order valence-electron chi connectivity index (χ1n) is 7.89. The van der Waals surface area contributed by atoms with Crippen LogP contribution in [0.3, 0.4) is 0 Å². The van der Waals surface area contributed by atoms with Crippen LogP contribution in [0.2, 0.25) is 0 Å². The van der Waals surface area contributed by atoms with E-state index in [4.69, 9.17) is 25.2 Å². The number of aromatic hydroxyl groups is 1. The van der Waals surface area contributed by atoms with Crippen LogP contribution in [0.15, 0.2) is 6.07 Å². The molecule has 134 valence electrons. The summed E-state index contributed by atoms with van der Waals surface area (Å²) in [5.41, 5.74) is 7.32. The zero-order valence-corrected chi connectivity index (χ0v) is 14.6. The minimum absolute atomic E-state index is 0.0509. The van der Waals surface area contributed by atoms with Crippen molar-refractivity contribution in [2.75, 3.05) is 40.5 Å². The Labute approximate surface area is 143 Å². The van der Waals surface area contributed by atoms with Crippen molar-refractivity contribution in [1.29, 1.82) is 5.26 Å². The van der Waals surface area contributed by atoms with Crippen LogP contribution >= 0.6 is 0 Å². The lowest BCUT2D eigenvalue weighted by Gasteiger charge is -2.17. The SMILES string of the molecule is C1COCCN1.COc1c(O)cc(CC(N)CC#N)c(OC)c1C. The molecule has 1 heterocycles. The number of rotatable bonds is 5. The van der Waals surface area contributed by atoms with Crippen LogP contribution in [0.5, 0.6) is 17.2 Å². The molecule has 1 aliphatic rings. The van der Waals surface area contributed by atoms with Crippen LogP contribution in [0.4, 0.5) is 0 Å². The van der Waals surface area contributed by atoms with Crippen LogP contribution in [0.1, 0.15) is 17.5 Å². The standard InChI is InChI=1S/C13H18N2O3.C4H9NO/c1-8-12(17-2)9(6-10(15)4-5-14)7-11(16)13(8)18-3;1-3-6-4-2-5-1/h7,10,16H,4,6,15H2,1-3H3;5H,1-4H2. The third-order valence-corrected chi connectivity index (χ3v) is 3.61. The van der Waals surface area contributed by atoms with E-state index < -0.39 is 0 Å². The van der Waals surface area contributed by atoms with E-state index in [-0.39, 0.29) is 18.2 Å². The average Bonchev–Trinajstić information content (AvgIpc) is 2.57. The summed E-state index contributed by atoms with van der Waals surface area (Å²) in [6.07, 6.45) is 0.726. The quantitative estimate of drug-likeness (QED) is 0.738. The van der Waals surface area contributed by atoms with E-state index in [1.165, 1.54) is 7.11 Å². The average molecular weight is 337 g/mol. The summed E-state index contributed by atoms with van der Waals surface area (Å²) in [4.78, 5) is 0. The summed E-state index contributed by atoms with van der Waals surface area (Å²) in [6.45, 7) is 5.64. The highest BCUT2D eigenvalue weighted by Crippen LogP contribution is 2.39. The maximum Gasteiger partial charge on any atom is 0.167 e. The number of nitrogens with two attached hydrogens (primary N) is 1. The molecule has 1 aliphatic heterocycles. The summed E-state index contributed by atoms with van der Waals surface area (Å²) in [6, 6.07) is 3.31. The van der Waals surface area contributed by atoms with Gasteiger partial charge in [0.05, 0.1) is 39.9 Å². The van der Waals surface area contributed by atoms with E-state index in [2.05, 4.69) is 5.32 Å². The maximum atomic E-state index is 9.85. The highest BCUT2D eigenvalue weighted by Gasteiger charge is 2.17. The van der Waals surface area contributed by atoms with Gasteiger partial charge in [-0.15, -0.1) is 0 Å². The monoisotopic (exact) mass is 337 g/mol. The Morgan fingerprint density at radius 1 is 1.33 bits per heavy atom. The lowest BCUT2D eigenvalue weighted by molar-refractivity contribution is 0.109. The van der Waals surface area contributed by atoms with Gasteiger partial charge in [0.15, 0.2) is 11.5 Å². The number of nitrogens with zero attached hydrogens (tertiary/aromatic N) is 1. The van der Waals surface area contributed by atoms with Crippen LogP contribution < -0.4 is 20.5 Å². The Hall–Kier alpha value is -2.01. The van der Waals surface area contributed by atoms with Crippen molar-refractivity contribution < 1.29 is 19.3 Å². The summed E-state index contributed by atoms with van der Waals surface area (Å²) in [5.74, 6) is 1.08. The zero-order valence-electron chi connectivity index (χ0n) is 14.6. The molecule has 1 fully saturated rings. The zero-order chi connectivity index (χ0) is 17.9. The fourth-order valence-electron chi connectivity index (χ4n) is 2.51. The predicted octanol–water partition coefficient (Wildman–Crippen LogP) is 1.11. The van der Waals surface area contributed by atoms with Gasteiger partial charge in [-0.25, -0.2) is 0 Å². The van der Waals surface area contributed by atoms with Crippen molar-refractivity contribution in [1.82, 2.24) is 5.32 Å². The van der Waals surface area contributed by atoms with E-state index in [0.29, 0.717) is 17.9 Å². The molecule has 4 N–H and O–H groups in total. The van der Waals surface area contributed by atoms with Gasteiger partial charge < -0.3 is 30.4 Å². The molecule has 0 aliphatic carbocycles. The van der Waals surface area contributed by atoms with Gasteiger partial charge in [-0.3, -0.25) is 0 Å². The topological polar surface area (TPSA) is 110 Å². The molecule has 0 spiro atoms. The number of hydrogen-bond acceptors (Lipinski definition) is 7. The Balaban J connectivity index is 0.000000400. The van der Waals surface area contributed by atoms with Crippen molar-refractivity contribution in [3.8, 4) is 23.3 Å². The molecule has 1 saturated heterocycles. The molecule has 0 bridgehead atoms. The van der Waals surface area contributed by atoms with Gasteiger partial charge >= 0.3 is 0 Å². The minimum atomic E-state index is -0.281. The van der Waals surface area contributed by atoms with E-state index in [1.807, 2.05) is 6.07 Å². The number of nitrogens with one attached hydrogen (secondary N) is 1. The number of ether oxygens (including phenoxy) is 3. The van der Waals surface area contributed by atoms with Crippen LogP contribution in [-0.2, 0) is 11.2 Å². The molecule has 0 aromatic heterocycles. The molecule has 0 radical (unpaired) electrons. The number of hydrogen-bond donors (Lipinski definition) is 3. The van der Waals surface area contributed by atoms with Gasteiger partial charge in [0.25, 0.3) is 0 Å². The van der Waals surface area contributed by atoms with Crippen molar-refractivity contribution in [3.63, 3.8) is 0 Å². The number of phenols is 1. The number of nitriles is 1. The molecule has 2 rings (SSSR count). The van der Waals surface area contributed by atoms with Gasteiger partial charge in [-0.1, -0.05) is 0 Å². The van der Waals surface area contributed by atoms with E-state index >= 15 is 0 Å². The van der Waals surface area contributed by atoms with Crippen LogP contribution in [-0.4, -0.2) is 51.7 Å². The lowest BCUT2D eigenvalue weighted by atomic mass is 10.00. The fraction of sp³-hybridized carbons (Fsp3) is 0.588. The molecule has 1 unspecified atom stereocenters. The molecule has 1 aromatic rings. The molecule has 7 heteroatoms. The third kappa shape index (κ3) is 5.89. The van der Waals surface area contributed by atoms with E-state index in [1.54, 1.807) is 20.1 Å². The van der Waals surface area contributed by atoms with Gasteiger partial charge in [0, 0.05) is 24.7 Å². The van der Waals surface area contributed by atoms with Gasteiger partial charge in [0.2, 0.25) is 0 Å². The van der Waals surface area contributed by atoms with Crippen LogP contribution in [0, 0.1) is 18.3 Å².